The highest BCUT2D eigenvalue weighted by molar-refractivity contribution is 9.10. The number of methoxy groups -OCH3 is 1. The van der Waals surface area contributed by atoms with Crippen molar-refractivity contribution in [1.29, 1.82) is 0 Å². The lowest BCUT2D eigenvalue weighted by Crippen LogP contribution is -2.00. The SMILES string of the molecule is COc1ccc(/C=C/C(=O)c2ccc(SCC(=O)O)c(F)c2)cc1Br. The van der Waals surface area contributed by atoms with Crippen molar-refractivity contribution in [2.45, 2.75) is 4.90 Å². The Morgan fingerprint density at radius 3 is 2.64 bits per heavy atom. The van der Waals surface area contributed by atoms with Crippen LogP contribution < -0.4 is 4.74 Å². The van der Waals surface area contributed by atoms with Crippen LogP contribution in [0.3, 0.4) is 0 Å². The van der Waals surface area contributed by atoms with E-state index in [-0.39, 0.29) is 22.0 Å². The molecule has 0 aliphatic heterocycles. The molecule has 7 heteroatoms. The number of halogens is 2. The van der Waals surface area contributed by atoms with E-state index in [0.29, 0.717) is 5.75 Å². The van der Waals surface area contributed by atoms with Gasteiger partial charge in [0.15, 0.2) is 5.78 Å². The number of benzene rings is 2. The number of ether oxygens (including phenoxy) is 1. The highest BCUT2D eigenvalue weighted by Crippen LogP contribution is 2.26. The first-order chi connectivity index (χ1) is 11.9. The molecule has 0 bridgehead atoms. The minimum absolute atomic E-state index is 0.195. The molecule has 0 heterocycles. The number of carboxylic acid groups (broad SMARTS) is 1. The largest absolute Gasteiger partial charge is 0.496 e. The third-order valence-corrected chi connectivity index (χ3v) is 4.82. The highest BCUT2D eigenvalue weighted by atomic mass is 79.9. The van der Waals surface area contributed by atoms with E-state index in [2.05, 4.69) is 15.9 Å². The second-order valence-corrected chi connectivity index (χ2v) is 6.79. The Hall–Kier alpha value is -2.12. The minimum Gasteiger partial charge on any atom is -0.496 e. The molecule has 2 aromatic rings. The van der Waals surface area contributed by atoms with Gasteiger partial charge in [-0.2, -0.15) is 0 Å². The Labute approximate surface area is 156 Å². The lowest BCUT2D eigenvalue weighted by molar-refractivity contribution is -0.133. The number of allylic oxidation sites excluding steroid dienone is 1. The van der Waals surface area contributed by atoms with Crippen molar-refractivity contribution in [3.63, 3.8) is 0 Å². The molecular formula is C18H14BrFO4S. The number of thioether (sulfide) groups is 1. The topological polar surface area (TPSA) is 63.6 Å². The summed E-state index contributed by atoms with van der Waals surface area (Å²) in [5.41, 5.74) is 0.983. The molecule has 2 rings (SSSR count). The molecule has 0 amide bonds. The monoisotopic (exact) mass is 424 g/mol. The number of hydrogen-bond acceptors (Lipinski definition) is 4. The van der Waals surface area contributed by atoms with Crippen LogP contribution in [0.15, 0.2) is 51.8 Å². The molecule has 0 aliphatic carbocycles. The summed E-state index contributed by atoms with van der Waals surface area (Å²) in [4.78, 5) is 22.9. The molecule has 4 nitrogen and oxygen atoms in total. The summed E-state index contributed by atoms with van der Waals surface area (Å²) in [5, 5.41) is 8.62. The van der Waals surface area contributed by atoms with Crippen molar-refractivity contribution in [3.8, 4) is 5.75 Å². The van der Waals surface area contributed by atoms with Crippen LogP contribution in [0.5, 0.6) is 5.75 Å². The van der Waals surface area contributed by atoms with Crippen LogP contribution >= 0.6 is 27.7 Å². The van der Waals surface area contributed by atoms with Crippen molar-refractivity contribution in [1.82, 2.24) is 0 Å². The first kappa shape index (κ1) is 19.2. The zero-order chi connectivity index (χ0) is 18.4. The van der Waals surface area contributed by atoms with Gasteiger partial charge >= 0.3 is 5.97 Å². The van der Waals surface area contributed by atoms with Crippen molar-refractivity contribution in [3.05, 3.63) is 63.9 Å². The maximum absolute atomic E-state index is 14.0. The molecule has 25 heavy (non-hydrogen) atoms. The third-order valence-electron chi connectivity index (χ3n) is 3.17. The molecule has 0 aromatic heterocycles. The van der Waals surface area contributed by atoms with Crippen molar-refractivity contribution >= 4 is 45.5 Å². The van der Waals surface area contributed by atoms with Gasteiger partial charge in [0.05, 0.1) is 17.3 Å². The maximum Gasteiger partial charge on any atom is 0.313 e. The molecule has 1 N–H and O–H groups in total. The summed E-state index contributed by atoms with van der Waals surface area (Å²) in [5.74, 6) is -1.55. The van der Waals surface area contributed by atoms with Crippen LogP contribution in [0, 0.1) is 5.82 Å². The average molecular weight is 425 g/mol. The van der Waals surface area contributed by atoms with Crippen molar-refractivity contribution in [2.75, 3.05) is 12.9 Å². The van der Waals surface area contributed by atoms with Gasteiger partial charge in [-0.05, 0) is 57.9 Å². The number of hydrogen-bond donors (Lipinski definition) is 1. The van der Waals surface area contributed by atoms with Crippen molar-refractivity contribution in [2.24, 2.45) is 0 Å². The van der Waals surface area contributed by atoms with Gasteiger partial charge in [-0.1, -0.05) is 12.1 Å². The van der Waals surface area contributed by atoms with Crippen LogP contribution in [-0.2, 0) is 4.79 Å². The van der Waals surface area contributed by atoms with Gasteiger partial charge in [-0.25, -0.2) is 4.39 Å². The van der Waals surface area contributed by atoms with Crippen LogP contribution in [0.4, 0.5) is 4.39 Å². The predicted octanol–water partition coefficient (Wildman–Crippen LogP) is 4.67. The van der Waals surface area contributed by atoms with E-state index in [1.165, 1.54) is 18.2 Å². The van der Waals surface area contributed by atoms with Crippen molar-refractivity contribution < 1.29 is 23.8 Å². The predicted molar refractivity (Wildman–Crippen MR) is 98.8 cm³/mol. The lowest BCUT2D eigenvalue weighted by atomic mass is 10.1. The van der Waals surface area contributed by atoms with Gasteiger partial charge in [0.1, 0.15) is 11.6 Å². The van der Waals surface area contributed by atoms with E-state index in [0.717, 1.165) is 27.9 Å². The quantitative estimate of drug-likeness (QED) is 0.397. The molecular weight excluding hydrogens is 411 g/mol. The number of carboxylic acids is 1. The zero-order valence-electron chi connectivity index (χ0n) is 13.2. The normalized spacial score (nSPS) is 10.8. The first-order valence-electron chi connectivity index (χ1n) is 7.11. The molecule has 0 radical (unpaired) electrons. The van der Waals surface area contributed by atoms with Crippen LogP contribution in [-0.4, -0.2) is 29.7 Å². The number of ketones is 1. The summed E-state index contributed by atoms with van der Waals surface area (Å²) in [6, 6.07) is 9.36. The van der Waals surface area contributed by atoms with Crippen LogP contribution in [0.2, 0.25) is 0 Å². The summed E-state index contributed by atoms with van der Waals surface area (Å²) in [6.07, 6.45) is 2.98. The minimum atomic E-state index is -1.03. The fraction of sp³-hybridized carbons (Fsp3) is 0.111. The smallest absolute Gasteiger partial charge is 0.313 e. The maximum atomic E-state index is 14.0. The highest BCUT2D eigenvalue weighted by Gasteiger charge is 2.10. The molecule has 130 valence electrons. The molecule has 0 unspecified atom stereocenters. The summed E-state index contributed by atoms with van der Waals surface area (Å²) in [7, 11) is 1.56. The van der Waals surface area contributed by atoms with E-state index in [1.54, 1.807) is 31.4 Å². The Kier molecular flexibility index (Phi) is 6.78. The van der Waals surface area contributed by atoms with Gasteiger partial charge in [0, 0.05) is 10.5 Å². The first-order valence-corrected chi connectivity index (χ1v) is 8.88. The summed E-state index contributed by atoms with van der Waals surface area (Å²) in [6.45, 7) is 0. The Bertz CT molecular complexity index is 836. The van der Waals surface area contributed by atoms with Crippen LogP contribution in [0.25, 0.3) is 6.08 Å². The number of carbonyl (C=O) groups is 2. The molecule has 0 spiro atoms. The second kappa shape index (κ2) is 8.82. The molecule has 0 aliphatic rings. The molecule has 0 fully saturated rings. The Balaban J connectivity index is 2.11. The Morgan fingerprint density at radius 2 is 2.04 bits per heavy atom. The fourth-order valence-electron chi connectivity index (χ4n) is 1.97. The van der Waals surface area contributed by atoms with E-state index in [1.807, 2.05) is 0 Å². The van der Waals surface area contributed by atoms with E-state index in [9.17, 15) is 14.0 Å². The second-order valence-electron chi connectivity index (χ2n) is 4.92. The van der Waals surface area contributed by atoms with Gasteiger partial charge in [-0.15, -0.1) is 11.8 Å². The third kappa shape index (κ3) is 5.44. The molecule has 0 saturated carbocycles. The summed E-state index contributed by atoms with van der Waals surface area (Å²) < 4.78 is 19.8. The zero-order valence-corrected chi connectivity index (χ0v) is 15.6. The number of rotatable bonds is 7. The molecule has 2 aromatic carbocycles. The molecule has 0 saturated heterocycles. The van der Waals surface area contributed by atoms with Gasteiger partial charge < -0.3 is 9.84 Å². The summed E-state index contributed by atoms with van der Waals surface area (Å²) >= 11 is 4.23. The van der Waals surface area contributed by atoms with Crippen LogP contribution in [0.1, 0.15) is 15.9 Å². The lowest BCUT2D eigenvalue weighted by Gasteiger charge is -2.04. The van der Waals surface area contributed by atoms with E-state index >= 15 is 0 Å². The number of aliphatic carboxylic acids is 1. The van der Waals surface area contributed by atoms with Gasteiger partial charge in [-0.3, -0.25) is 9.59 Å². The Morgan fingerprint density at radius 1 is 1.28 bits per heavy atom. The number of carbonyl (C=O) groups excluding carboxylic acids is 1. The van der Waals surface area contributed by atoms with Gasteiger partial charge in [0.25, 0.3) is 0 Å². The standard InChI is InChI=1S/C18H14BrFO4S/c1-24-16-6-3-11(8-13(16)19)2-5-15(21)12-4-7-17(14(20)9-12)25-10-18(22)23/h2-9H,10H2,1H3,(H,22,23)/b5-2+. The molecule has 0 atom stereocenters. The van der Waals surface area contributed by atoms with Gasteiger partial charge in [0.2, 0.25) is 0 Å². The average Bonchev–Trinajstić information content (AvgIpc) is 2.58. The van der Waals surface area contributed by atoms with E-state index < -0.39 is 11.8 Å². The fourth-order valence-corrected chi connectivity index (χ4v) is 3.16. The van der Waals surface area contributed by atoms with E-state index in [4.69, 9.17) is 9.84 Å².